The molecule has 1 N–H and O–H groups in total. The summed E-state index contributed by atoms with van der Waals surface area (Å²) in [6.45, 7) is 5.07. The summed E-state index contributed by atoms with van der Waals surface area (Å²) in [7, 11) is 3.21. The van der Waals surface area contributed by atoms with Crippen LogP contribution in [0, 0.1) is 0 Å². The van der Waals surface area contributed by atoms with Gasteiger partial charge in [0.2, 0.25) is 5.91 Å². The van der Waals surface area contributed by atoms with E-state index in [1.54, 1.807) is 20.3 Å². The first-order chi connectivity index (χ1) is 14.5. The third kappa shape index (κ3) is 5.26. The largest absolute Gasteiger partial charge is 0.493 e. The van der Waals surface area contributed by atoms with Crippen LogP contribution in [0.15, 0.2) is 36.4 Å². The summed E-state index contributed by atoms with van der Waals surface area (Å²) in [5.74, 6) is 2.83. The first kappa shape index (κ1) is 21.6. The molecule has 0 unspecified atom stereocenters. The molecule has 0 fully saturated rings. The number of ether oxygens (including phenoxy) is 4. The molecule has 0 saturated heterocycles. The Bertz CT molecular complexity index is 922. The molecule has 160 valence electrons. The van der Waals surface area contributed by atoms with E-state index >= 15 is 0 Å². The molecule has 0 aromatic heterocycles. The quantitative estimate of drug-likeness (QED) is 0.636. The lowest BCUT2D eigenvalue weighted by atomic mass is 10.1. The first-order valence-electron chi connectivity index (χ1n) is 10.2. The van der Waals surface area contributed by atoms with E-state index in [2.05, 4.69) is 5.32 Å². The molecule has 6 heteroatoms. The third-order valence-electron chi connectivity index (χ3n) is 4.90. The van der Waals surface area contributed by atoms with Gasteiger partial charge in [0.05, 0.1) is 20.8 Å². The standard InChI is InChI=1S/C24H29NO5/c1-5-29-21-15-19-12-16(2)30-22(19)14-18(21)7-9-24(26)25-11-10-17-6-8-20(27-3)23(13-17)28-4/h6-9,13-16H,5,10-12H2,1-4H3,(H,25,26)/b9-7+/t16-/m0/s1. The predicted molar refractivity (Wildman–Crippen MR) is 117 cm³/mol. The first-order valence-corrected chi connectivity index (χ1v) is 10.2. The third-order valence-corrected chi connectivity index (χ3v) is 4.90. The number of methoxy groups -OCH3 is 2. The van der Waals surface area contributed by atoms with Crippen LogP contribution >= 0.6 is 0 Å². The van der Waals surface area contributed by atoms with Crippen LogP contribution in [0.3, 0.4) is 0 Å². The molecule has 1 heterocycles. The van der Waals surface area contributed by atoms with Crippen molar-refractivity contribution in [3.8, 4) is 23.0 Å². The zero-order valence-corrected chi connectivity index (χ0v) is 18.0. The minimum atomic E-state index is -0.160. The number of fused-ring (bicyclic) bond motifs is 1. The van der Waals surface area contributed by atoms with Gasteiger partial charge < -0.3 is 24.3 Å². The van der Waals surface area contributed by atoms with Gasteiger partial charge in [-0.3, -0.25) is 4.79 Å². The molecule has 0 saturated carbocycles. The number of carbonyl (C=O) groups excluding carboxylic acids is 1. The summed E-state index contributed by atoms with van der Waals surface area (Å²) in [5.41, 5.74) is 3.03. The van der Waals surface area contributed by atoms with E-state index in [4.69, 9.17) is 18.9 Å². The monoisotopic (exact) mass is 411 g/mol. The Kier molecular flexibility index (Phi) is 7.22. The van der Waals surface area contributed by atoms with Gasteiger partial charge in [-0.15, -0.1) is 0 Å². The number of hydrogen-bond donors (Lipinski definition) is 1. The van der Waals surface area contributed by atoms with Gasteiger partial charge in [-0.2, -0.15) is 0 Å². The Balaban J connectivity index is 1.59. The molecule has 0 bridgehead atoms. The second-order valence-electron chi connectivity index (χ2n) is 7.13. The van der Waals surface area contributed by atoms with Crippen LogP contribution in [0.2, 0.25) is 0 Å². The lowest BCUT2D eigenvalue weighted by molar-refractivity contribution is -0.116. The Morgan fingerprint density at radius 2 is 1.97 bits per heavy atom. The molecule has 0 aliphatic carbocycles. The van der Waals surface area contributed by atoms with Crippen molar-refractivity contribution in [2.45, 2.75) is 32.8 Å². The summed E-state index contributed by atoms with van der Waals surface area (Å²) < 4.78 is 22.1. The van der Waals surface area contributed by atoms with Crippen molar-refractivity contribution in [2.24, 2.45) is 0 Å². The summed E-state index contributed by atoms with van der Waals surface area (Å²) in [5, 5.41) is 2.91. The summed E-state index contributed by atoms with van der Waals surface area (Å²) in [6, 6.07) is 9.69. The number of carbonyl (C=O) groups is 1. The smallest absolute Gasteiger partial charge is 0.244 e. The fraction of sp³-hybridized carbons (Fsp3) is 0.375. The van der Waals surface area contributed by atoms with Crippen LogP contribution in [-0.4, -0.2) is 39.4 Å². The molecule has 1 aliphatic heterocycles. The average Bonchev–Trinajstić information content (AvgIpc) is 3.10. The van der Waals surface area contributed by atoms with E-state index in [9.17, 15) is 4.79 Å². The molecule has 1 amide bonds. The maximum atomic E-state index is 12.3. The van der Waals surface area contributed by atoms with Crippen molar-refractivity contribution < 1.29 is 23.7 Å². The highest BCUT2D eigenvalue weighted by Crippen LogP contribution is 2.35. The fourth-order valence-electron chi connectivity index (χ4n) is 3.46. The molecule has 0 radical (unpaired) electrons. The van der Waals surface area contributed by atoms with Gasteiger partial charge in [-0.25, -0.2) is 0 Å². The van der Waals surface area contributed by atoms with Gasteiger partial charge in [-0.1, -0.05) is 6.07 Å². The van der Waals surface area contributed by atoms with Crippen LogP contribution in [0.5, 0.6) is 23.0 Å². The van der Waals surface area contributed by atoms with Crippen LogP contribution in [0.1, 0.15) is 30.5 Å². The number of amides is 1. The van der Waals surface area contributed by atoms with Crippen LogP contribution in [-0.2, 0) is 17.6 Å². The van der Waals surface area contributed by atoms with Gasteiger partial charge >= 0.3 is 0 Å². The zero-order chi connectivity index (χ0) is 21.5. The van der Waals surface area contributed by atoms with Crippen LogP contribution in [0.25, 0.3) is 6.08 Å². The maximum absolute atomic E-state index is 12.3. The Hall–Kier alpha value is -3.15. The van der Waals surface area contributed by atoms with Crippen molar-refractivity contribution in [3.05, 3.63) is 53.1 Å². The summed E-state index contributed by atoms with van der Waals surface area (Å²) in [4.78, 5) is 12.3. The van der Waals surface area contributed by atoms with E-state index in [1.807, 2.05) is 44.2 Å². The van der Waals surface area contributed by atoms with E-state index in [-0.39, 0.29) is 12.0 Å². The summed E-state index contributed by atoms with van der Waals surface area (Å²) in [6.07, 6.45) is 5.01. The SMILES string of the molecule is CCOc1cc2c(cc1/C=C/C(=O)NCCc1ccc(OC)c(OC)c1)O[C@@H](C)C2. The number of rotatable bonds is 9. The second-order valence-corrected chi connectivity index (χ2v) is 7.13. The van der Waals surface area contributed by atoms with Crippen molar-refractivity contribution in [3.63, 3.8) is 0 Å². The van der Waals surface area contributed by atoms with Crippen molar-refractivity contribution in [1.82, 2.24) is 5.32 Å². The molecule has 2 aromatic rings. The minimum Gasteiger partial charge on any atom is -0.493 e. The molecular weight excluding hydrogens is 382 g/mol. The number of hydrogen-bond acceptors (Lipinski definition) is 5. The highest BCUT2D eigenvalue weighted by Gasteiger charge is 2.21. The van der Waals surface area contributed by atoms with E-state index in [0.29, 0.717) is 31.1 Å². The van der Waals surface area contributed by atoms with Gasteiger partial charge in [0.15, 0.2) is 11.5 Å². The molecular formula is C24H29NO5. The summed E-state index contributed by atoms with van der Waals surface area (Å²) >= 11 is 0. The van der Waals surface area contributed by atoms with Gasteiger partial charge in [0.1, 0.15) is 17.6 Å². The molecule has 0 spiro atoms. The van der Waals surface area contributed by atoms with E-state index < -0.39 is 0 Å². The van der Waals surface area contributed by atoms with Gasteiger partial charge in [0, 0.05) is 30.2 Å². The normalized spacial score (nSPS) is 14.9. The lowest BCUT2D eigenvalue weighted by Crippen LogP contribution is -2.23. The Morgan fingerprint density at radius 1 is 1.17 bits per heavy atom. The van der Waals surface area contributed by atoms with Crippen LogP contribution in [0.4, 0.5) is 0 Å². The zero-order valence-electron chi connectivity index (χ0n) is 18.0. The molecule has 30 heavy (non-hydrogen) atoms. The second kappa shape index (κ2) is 10.1. The van der Waals surface area contributed by atoms with Crippen LogP contribution < -0.4 is 24.3 Å². The van der Waals surface area contributed by atoms with Gasteiger partial charge in [-0.05, 0) is 56.2 Å². The maximum Gasteiger partial charge on any atom is 0.244 e. The predicted octanol–water partition coefficient (Wildman–Crippen LogP) is 3.80. The van der Waals surface area contributed by atoms with Crippen molar-refractivity contribution in [2.75, 3.05) is 27.4 Å². The lowest BCUT2D eigenvalue weighted by Gasteiger charge is -2.10. The topological polar surface area (TPSA) is 66.0 Å². The fourth-order valence-corrected chi connectivity index (χ4v) is 3.46. The Morgan fingerprint density at radius 3 is 2.70 bits per heavy atom. The highest BCUT2D eigenvalue weighted by molar-refractivity contribution is 5.92. The number of benzene rings is 2. The van der Waals surface area contributed by atoms with Crippen molar-refractivity contribution in [1.29, 1.82) is 0 Å². The molecule has 1 aliphatic rings. The highest BCUT2D eigenvalue weighted by atomic mass is 16.5. The number of nitrogens with one attached hydrogen (secondary N) is 1. The molecule has 3 rings (SSSR count). The molecule has 2 aromatic carbocycles. The van der Waals surface area contributed by atoms with E-state index in [0.717, 1.165) is 34.6 Å². The molecule has 1 atom stereocenters. The van der Waals surface area contributed by atoms with E-state index in [1.165, 1.54) is 6.08 Å². The van der Waals surface area contributed by atoms with Gasteiger partial charge in [0.25, 0.3) is 0 Å². The van der Waals surface area contributed by atoms with Crippen molar-refractivity contribution >= 4 is 12.0 Å². The minimum absolute atomic E-state index is 0.160. The molecule has 6 nitrogen and oxygen atoms in total. The Labute approximate surface area is 177 Å². The average molecular weight is 411 g/mol.